The van der Waals surface area contributed by atoms with E-state index >= 15 is 0 Å². The first-order valence-corrected chi connectivity index (χ1v) is 7.94. The maximum absolute atomic E-state index is 5.31. The molecule has 0 heterocycles. The molecule has 0 atom stereocenters. The molecule has 0 aliphatic rings. The van der Waals surface area contributed by atoms with Crippen LogP contribution >= 0.6 is 15.9 Å². The average Bonchev–Trinajstić information content (AvgIpc) is 2.39. The molecule has 0 unspecified atom stereocenters. The molecule has 1 aromatic rings. The molecule has 0 aromatic heterocycles. The van der Waals surface area contributed by atoms with Crippen LogP contribution in [0, 0.1) is 0 Å². The molecule has 0 aliphatic carbocycles. The van der Waals surface area contributed by atoms with Gasteiger partial charge in [-0.05, 0) is 50.6 Å². The lowest BCUT2D eigenvalue weighted by atomic mass is 10.1. The molecule has 3 heteroatoms. The Morgan fingerprint density at radius 2 is 2.00 bits per heavy atom. The zero-order valence-electron chi connectivity index (χ0n) is 12.6. The summed E-state index contributed by atoms with van der Waals surface area (Å²) in [5.41, 5.74) is 1.30. The summed E-state index contributed by atoms with van der Waals surface area (Å²) in [5.74, 6) is 0.926. The van der Waals surface area contributed by atoms with Crippen LogP contribution in [0.3, 0.4) is 0 Å². The lowest BCUT2D eigenvalue weighted by Crippen LogP contribution is -2.31. The summed E-state index contributed by atoms with van der Waals surface area (Å²) in [5, 5.41) is 0. The number of hydrogen-bond acceptors (Lipinski definition) is 2. The predicted molar refractivity (Wildman–Crippen MR) is 85.8 cm³/mol. The molecule has 19 heavy (non-hydrogen) atoms. The molecule has 0 saturated heterocycles. The van der Waals surface area contributed by atoms with E-state index in [1.165, 1.54) is 24.8 Å². The highest BCUT2D eigenvalue weighted by Gasteiger charge is 2.12. The molecule has 0 amide bonds. The van der Waals surface area contributed by atoms with Gasteiger partial charge in [0, 0.05) is 17.1 Å². The number of rotatable bonds is 8. The summed E-state index contributed by atoms with van der Waals surface area (Å²) in [6.45, 7) is 8.91. The Morgan fingerprint density at radius 3 is 2.58 bits per heavy atom. The first-order valence-electron chi connectivity index (χ1n) is 7.15. The van der Waals surface area contributed by atoms with E-state index in [1.807, 2.05) is 6.07 Å². The summed E-state index contributed by atoms with van der Waals surface area (Å²) >= 11 is 3.64. The number of methoxy groups -OCH3 is 1. The number of hydrogen-bond donors (Lipinski definition) is 0. The molecule has 0 N–H and O–H groups in total. The molecule has 0 bridgehead atoms. The van der Waals surface area contributed by atoms with Gasteiger partial charge in [0.25, 0.3) is 0 Å². The minimum Gasteiger partial charge on any atom is -0.497 e. The largest absolute Gasteiger partial charge is 0.497 e. The van der Waals surface area contributed by atoms with E-state index in [2.05, 4.69) is 53.7 Å². The summed E-state index contributed by atoms with van der Waals surface area (Å²) in [6.07, 6.45) is 3.85. The minimum atomic E-state index is 0.565. The third kappa shape index (κ3) is 5.53. The van der Waals surface area contributed by atoms with Gasteiger partial charge in [-0.1, -0.05) is 35.7 Å². The lowest BCUT2D eigenvalue weighted by molar-refractivity contribution is 0.208. The summed E-state index contributed by atoms with van der Waals surface area (Å²) in [7, 11) is 1.72. The van der Waals surface area contributed by atoms with Crippen LogP contribution in [-0.2, 0) is 6.54 Å². The van der Waals surface area contributed by atoms with Crippen LogP contribution in [0.5, 0.6) is 5.75 Å². The normalized spacial score (nSPS) is 11.3. The molecule has 108 valence electrons. The van der Waals surface area contributed by atoms with Crippen molar-refractivity contribution in [1.82, 2.24) is 4.90 Å². The van der Waals surface area contributed by atoms with E-state index in [0.717, 1.165) is 23.3 Å². The fourth-order valence-corrected chi connectivity index (χ4v) is 2.47. The first kappa shape index (κ1) is 16.5. The van der Waals surface area contributed by atoms with E-state index in [0.29, 0.717) is 6.04 Å². The highest BCUT2D eigenvalue weighted by atomic mass is 79.9. The van der Waals surface area contributed by atoms with Gasteiger partial charge in [0.05, 0.1) is 7.11 Å². The van der Waals surface area contributed by atoms with Crippen LogP contribution in [-0.4, -0.2) is 24.6 Å². The molecular formula is C16H26BrNO. The van der Waals surface area contributed by atoms with Gasteiger partial charge >= 0.3 is 0 Å². The van der Waals surface area contributed by atoms with Gasteiger partial charge in [-0.2, -0.15) is 0 Å². The standard InChI is InChI=1S/C16H26BrNO/c1-5-6-7-10-18(13(2)3)12-14-11-15(19-4)8-9-16(14)17/h8-9,11,13H,5-7,10,12H2,1-4H3. The molecular weight excluding hydrogens is 302 g/mol. The van der Waals surface area contributed by atoms with Gasteiger partial charge in [-0.15, -0.1) is 0 Å². The predicted octanol–water partition coefficient (Wildman–Crippen LogP) is 4.86. The Balaban J connectivity index is 2.72. The minimum absolute atomic E-state index is 0.565. The molecule has 0 fully saturated rings. The third-order valence-electron chi connectivity index (χ3n) is 3.41. The fourth-order valence-electron chi connectivity index (χ4n) is 2.10. The van der Waals surface area contributed by atoms with Crippen LogP contribution < -0.4 is 4.74 Å². The van der Waals surface area contributed by atoms with E-state index in [4.69, 9.17) is 4.74 Å². The number of ether oxygens (including phenoxy) is 1. The highest BCUT2D eigenvalue weighted by Crippen LogP contribution is 2.24. The van der Waals surface area contributed by atoms with Crippen molar-refractivity contribution in [2.75, 3.05) is 13.7 Å². The zero-order valence-corrected chi connectivity index (χ0v) is 14.2. The van der Waals surface area contributed by atoms with Gasteiger partial charge in [0.15, 0.2) is 0 Å². The maximum atomic E-state index is 5.31. The highest BCUT2D eigenvalue weighted by molar-refractivity contribution is 9.10. The van der Waals surface area contributed by atoms with Gasteiger partial charge in [0.2, 0.25) is 0 Å². The van der Waals surface area contributed by atoms with Gasteiger partial charge in [-0.25, -0.2) is 0 Å². The van der Waals surface area contributed by atoms with Crippen molar-refractivity contribution < 1.29 is 4.74 Å². The second-order valence-corrected chi connectivity index (χ2v) is 6.08. The molecule has 0 aliphatic heterocycles. The monoisotopic (exact) mass is 327 g/mol. The summed E-state index contributed by atoms with van der Waals surface area (Å²) < 4.78 is 6.47. The van der Waals surface area contributed by atoms with Crippen LogP contribution in [0.4, 0.5) is 0 Å². The van der Waals surface area contributed by atoms with Crippen LogP contribution in [0.25, 0.3) is 0 Å². The smallest absolute Gasteiger partial charge is 0.119 e. The zero-order chi connectivity index (χ0) is 14.3. The average molecular weight is 328 g/mol. The molecule has 0 spiro atoms. The van der Waals surface area contributed by atoms with Gasteiger partial charge < -0.3 is 4.74 Å². The van der Waals surface area contributed by atoms with Crippen molar-refractivity contribution in [3.8, 4) is 5.75 Å². The van der Waals surface area contributed by atoms with E-state index in [1.54, 1.807) is 7.11 Å². The Hall–Kier alpha value is -0.540. The van der Waals surface area contributed by atoms with Crippen molar-refractivity contribution in [2.24, 2.45) is 0 Å². The lowest BCUT2D eigenvalue weighted by Gasteiger charge is -2.27. The molecule has 0 radical (unpaired) electrons. The van der Waals surface area contributed by atoms with Crippen molar-refractivity contribution in [3.63, 3.8) is 0 Å². The van der Waals surface area contributed by atoms with E-state index < -0.39 is 0 Å². The molecule has 1 rings (SSSR count). The summed E-state index contributed by atoms with van der Waals surface area (Å²) in [6, 6.07) is 6.75. The van der Waals surface area contributed by atoms with Crippen molar-refractivity contribution in [3.05, 3.63) is 28.2 Å². The van der Waals surface area contributed by atoms with Crippen molar-refractivity contribution in [1.29, 1.82) is 0 Å². The van der Waals surface area contributed by atoms with Gasteiger partial charge in [-0.3, -0.25) is 4.90 Å². The quantitative estimate of drug-likeness (QED) is 0.632. The van der Waals surface area contributed by atoms with E-state index in [-0.39, 0.29) is 0 Å². The van der Waals surface area contributed by atoms with Crippen molar-refractivity contribution >= 4 is 15.9 Å². The Kier molecular flexibility index (Phi) is 7.47. The van der Waals surface area contributed by atoms with Gasteiger partial charge in [0.1, 0.15) is 5.75 Å². The fraction of sp³-hybridized carbons (Fsp3) is 0.625. The first-order chi connectivity index (χ1) is 9.08. The maximum Gasteiger partial charge on any atom is 0.119 e. The topological polar surface area (TPSA) is 12.5 Å². The Labute approximate surface area is 126 Å². The van der Waals surface area contributed by atoms with Crippen LogP contribution in [0.2, 0.25) is 0 Å². The third-order valence-corrected chi connectivity index (χ3v) is 4.18. The molecule has 2 nitrogen and oxygen atoms in total. The second kappa shape index (κ2) is 8.60. The summed E-state index contributed by atoms with van der Waals surface area (Å²) in [4.78, 5) is 2.52. The molecule has 0 saturated carbocycles. The molecule has 1 aromatic carbocycles. The second-order valence-electron chi connectivity index (χ2n) is 5.23. The number of unbranched alkanes of at least 4 members (excludes halogenated alkanes) is 2. The Morgan fingerprint density at radius 1 is 1.26 bits per heavy atom. The van der Waals surface area contributed by atoms with Crippen molar-refractivity contribution in [2.45, 2.75) is 52.6 Å². The number of benzene rings is 1. The van der Waals surface area contributed by atoms with E-state index in [9.17, 15) is 0 Å². The van der Waals surface area contributed by atoms with Crippen LogP contribution in [0.1, 0.15) is 45.6 Å². The Bertz CT molecular complexity index is 379. The number of nitrogens with zero attached hydrogens (tertiary/aromatic N) is 1. The number of halogens is 1. The van der Waals surface area contributed by atoms with Crippen LogP contribution in [0.15, 0.2) is 22.7 Å². The SMILES string of the molecule is CCCCCN(Cc1cc(OC)ccc1Br)C(C)C.